The van der Waals surface area contributed by atoms with E-state index >= 15 is 0 Å². The standard InChI is InChI=1S/C70H91N19O14/c1-7-88-55(36-44(3)80-88)66(93)76-69-74-53-39-50(63(72)91)41-57(97-6)61(53)86(69)20-9-10-21-87-62-54(75-70(87)77-67(94)56-37-45(4)81-89(56)8-2)40-51(64(73)92)42-58(62)102-26-11-19-83-22-16-49(17-23-83)65-79-78-59-43-84(24-25-85(59)65)60(90)18-27-98-28-29-99-30-31-100-32-33-101-34-35-103-82-46(5)48-14-12-47(13-15-48)38-52(71)68(95)96/h9-10,12-15,36-37,39-42,49,52H,7-8,11,16-35,38,43,71H2,1-6H3,(H2,72,91)(H2,73,92)(H,95,96)(H,74,76,93)(H,75,77,94)/b10-9+,82-46?/t52-/m0/s1. The second kappa shape index (κ2) is 35.9. The van der Waals surface area contributed by atoms with E-state index in [1.807, 2.05) is 57.2 Å². The van der Waals surface area contributed by atoms with Crippen LogP contribution >= 0.6 is 0 Å². The molecule has 33 nitrogen and oxygen atoms in total. The van der Waals surface area contributed by atoms with Crippen LogP contribution in [0, 0.1) is 13.8 Å². The van der Waals surface area contributed by atoms with E-state index in [2.05, 4.69) is 45.7 Å². The van der Waals surface area contributed by atoms with Gasteiger partial charge in [0.25, 0.3) is 11.8 Å². The number of carbonyl (C=O) groups excluding carboxylic acids is 5. The molecule has 0 aliphatic carbocycles. The molecule has 7 heterocycles. The van der Waals surface area contributed by atoms with E-state index in [1.165, 1.54) is 19.2 Å². The van der Waals surface area contributed by atoms with Gasteiger partial charge in [0.15, 0.2) is 5.82 Å². The van der Waals surface area contributed by atoms with Crippen molar-refractivity contribution >= 4 is 75.2 Å². The van der Waals surface area contributed by atoms with Crippen LogP contribution in [-0.2, 0) is 79.1 Å². The number of aryl methyl sites for hydroxylation is 4. The number of hydrogen-bond donors (Lipinski definition) is 6. The van der Waals surface area contributed by atoms with Gasteiger partial charge < -0.3 is 79.1 Å². The van der Waals surface area contributed by atoms with Crippen molar-refractivity contribution in [3.8, 4) is 11.5 Å². The molecular formula is C70H91N19O14. The molecule has 33 heteroatoms. The van der Waals surface area contributed by atoms with Gasteiger partial charge in [0.1, 0.15) is 52.4 Å². The smallest absolute Gasteiger partial charge is 0.320 e. The fraction of sp³-hybridized carbons (Fsp3) is 0.471. The number of allylic oxidation sites excluding steroid dienone is 2. The normalized spacial score (nSPS) is 14.0. The number of carboxylic acid groups (broad SMARTS) is 1. The molecule has 1 atom stereocenters. The lowest BCUT2D eigenvalue weighted by Crippen LogP contribution is -2.40. The number of carbonyl (C=O) groups is 6. The molecule has 0 saturated carbocycles. The fourth-order valence-electron chi connectivity index (χ4n) is 12.4. The van der Waals surface area contributed by atoms with Gasteiger partial charge in [-0.25, -0.2) is 9.97 Å². The molecule has 8 aromatic rings. The number of rotatable bonds is 39. The topological polar surface area (TPSA) is 410 Å². The first kappa shape index (κ1) is 75.2. The van der Waals surface area contributed by atoms with Gasteiger partial charge in [0, 0.05) is 62.9 Å². The van der Waals surface area contributed by atoms with Crippen LogP contribution in [0.25, 0.3) is 22.1 Å². The first-order valence-electron chi connectivity index (χ1n) is 34.5. The molecular weight excluding hydrogens is 1330 g/mol. The SMILES string of the molecule is CCn1nc(C)cc1C(=O)Nc1nc2cc(C(N)=O)cc(OC)c2n1C/C=C/Cn1c(NC(=O)c2cc(C)nn2CC)nc2cc(C(N)=O)cc(OCCCN3CCC(c4nnc5n4CCN(C(=O)CCOCCOCCOCCOCCON=C(C)c4ccc(C[C@H](N)C(=O)O)cc4)C5)CC3)c21. The maximum Gasteiger partial charge on any atom is 0.320 e. The predicted molar refractivity (Wildman–Crippen MR) is 379 cm³/mol. The molecule has 0 radical (unpaired) electrons. The van der Waals surface area contributed by atoms with E-state index in [9.17, 15) is 28.8 Å². The Bertz CT molecular complexity index is 4350. The molecule has 2 aliphatic heterocycles. The third-order valence-corrected chi connectivity index (χ3v) is 17.7. The molecule has 3 aromatic carbocycles. The minimum Gasteiger partial charge on any atom is -0.494 e. The van der Waals surface area contributed by atoms with Gasteiger partial charge >= 0.3 is 5.97 Å². The molecule has 550 valence electrons. The second-order valence-electron chi connectivity index (χ2n) is 24.9. The van der Waals surface area contributed by atoms with E-state index in [-0.39, 0.29) is 80.6 Å². The molecule has 0 unspecified atom stereocenters. The summed E-state index contributed by atoms with van der Waals surface area (Å²) >= 11 is 0. The number of methoxy groups -OCH3 is 1. The quantitative estimate of drug-likeness (QED) is 0.0130. The number of ether oxygens (including phenoxy) is 6. The summed E-state index contributed by atoms with van der Waals surface area (Å²) in [5.74, 6) is -0.469. The van der Waals surface area contributed by atoms with Crippen LogP contribution in [0.3, 0.4) is 0 Å². The Labute approximate surface area is 594 Å². The van der Waals surface area contributed by atoms with Crippen LogP contribution in [0.5, 0.6) is 11.5 Å². The van der Waals surface area contributed by atoms with Crippen molar-refractivity contribution in [1.82, 2.24) is 63.2 Å². The summed E-state index contributed by atoms with van der Waals surface area (Å²) in [7, 11) is 1.46. The number of benzene rings is 3. The Hall–Kier alpha value is -10.5. The van der Waals surface area contributed by atoms with Gasteiger partial charge in [0.2, 0.25) is 29.6 Å². The van der Waals surface area contributed by atoms with E-state index in [0.717, 1.165) is 55.3 Å². The molecule has 2 aliphatic rings. The monoisotopic (exact) mass is 1420 g/mol. The number of imidazole rings is 2. The van der Waals surface area contributed by atoms with E-state index in [0.29, 0.717) is 147 Å². The van der Waals surface area contributed by atoms with E-state index < -0.39 is 35.6 Å². The Kier molecular flexibility index (Phi) is 26.2. The molecule has 0 spiro atoms. The molecule has 0 bridgehead atoms. The summed E-state index contributed by atoms with van der Waals surface area (Å²) in [6.07, 6.45) is 6.57. The number of nitrogens with two attached hydrogens (primary N) is 3. The van der Waals surface area contributed by atoms with Crippen molar-refractivity contribution < 1.29 is 67.1 Å². The number of hydrogen-bond acceptors (Lipinski definition) is 22. The maximum atomic E-state index is 14.1. The average Bonchev–Trinajstić information content (AvgIpc) is 1.64. The molecule has 5 amide bonds. The first-order chi connectivity index (χ1) is 49.8. The van der Waals surface area contributed by atoms with Gasteiger partial charge in [0.05, 0.1) is 108 Å². The third-order valence-electron chi connectivity index (χ3n) is 17.7. The van der Waals surface area contributed by atoms with Crippen molar-refractivity contribution in [2.75, 3.05) is 110 Å². The van der Waals surface area contributed by atoms with Crippen LogP contribution in [0.4, 0.5) is 11.9 Å². The van der Waals surface area contributed by atoms with Gasteiger partial charge in [-0.2, -0.15) is 10.2 Å². The largest absolute Gasteiger partial charge is 0.494 e. The molecule has 5 aromatic heterocycles. The molecule has 1 saturated heterocycles. The summed E-state index contributed by atoms with van der Waals surface area (Å²) in [4.78, 5) is 96.7. The highest BCUT2D eigenvalue weighted by molar-refractivity contribution is 6.06. The van der Waals surface area contributed by atoms with Crippen molar-refractivity contribution in [3.05, 3.63) is 129 Å². The molecule has 10 rings (SSSR count). The minimum atomic E-state index is -1.04. The number of fused-ring (bicyclic) bond motifs is 3. The molecule has 103 heavy (non-hydrogen) atoms. The van der Waals surface area contributed by atoms with Gasteiger partial charge in [-0.15, -0.1) is 10.2 Å². The van der Waals surface area contributed by atoms with Crippen molar-refractivity contribution in [2.24, 2.45) is 22.4 Å². The lowest BCUT2D eigenvalue weighted by molar-refractivity contribution is -0.138. The highest BCUT2D eigenvalue weighted by Gasteiger charge is 2.31. The number of nitrogens with one attached hydrogen (secondary N) is 2. The van der Waals surface area contributed by atoms with Crippen LogP contribution in [0.2, 0.25) is 0 Å². The van der Waals surface area contributed by atoms with Gasteiger partial charge in [-0.1, -0.05) is 41.6 Å². The van der Waals surface area contributed by atoms with Crippen molar-refractivity contribution in [2.45, 2.75) is 118 Å². The molecule has 9 N–H and O–H groups in total. The summed E-state index contributed by atoms with van der Waals surface area (Å²) in [6, 6.07) is 16.0. The predicted octanol–water partition coefficient (Wildman–Crippen LogP) is 4.84. The zero-order chi connectivity index (χ0) is 73.1. The van der Waals surface area contributed by atoms with Gasteiger partial charge in [-0.05, 0) is 121 Å². The summed E-state index contributed by atoms with van der Waals surface area (Å²) in [6.45, 7) is 17.7. The Balaban J connectivity index is 0.675. The summed E-state index contributed by atoms with van der Waals surface area (Å²) in [5, 5.41) is 37.2. The zero-order valence-electron chi connectivity index (χ0n) is 59.0. The number of anilines is 2. The zero-order valence-corrected chi connectivity index (χ0v) is 59.0. The summed E-state index contributed by atoms with van der Waals surface area (Å²) < 4.78 is 43.7. The number of piperidine rings is 1. The van der Waals surface area contributed by atoms with Crippen LogP contribution in [0.15, 0.2) is 78.0 Å². The number of nitrogens with zero attached hydrogens (tertiary/aromatic N) is 14. The van der Waals surface area contributed by atoms with Crippen molar-refractivity contribution in [1.29, 1.82) is 0 Å². The van der Waals surface area contributed by atoms with E-state index in [1.54, 1.807) is 61.5 Å². The fourth-order valence-corrected chi connectivity index (χ4v) is 12.4. The number of oxime groups is 1. The van der Waals surface area contributed by atoms with Crippen LogP contribution < -0.4 is 37.3 Å². The number of aromatic nitrogens is 11. The highest BCUT2D eigenvalue weighted by Crippen LogP contribution is 2.34. The van der Waals surface area contributed by atoms with Gasteiger partial charge in [-0.3, -0.25) is 48.8 Å². The van der Waals surface area contributed by atoms with E-state index in [4.69, 9.17) is 65.5 Å². The maximum absolute atomic E-state index is 14.1. The Morgan fingerprint density at radius 3 is 1.74 bits per heavy atom. The number of amides is 5. The van der Waals surface area contributed by atoms with Crippen LogP contribution in [0.1, 0.15) is 128 Å². The number of aliphatic carboxylic acids is 1. The minimum absolute atomic E-state index is 0.0119. The first-order valence-corrected chi connectivity index (χ1v) is 34.5. The number of primary amides is 2. The Morgan fingerprint density at radius 1 is 0.670 bits per heavy atom. The highest BCUT2D eigenvalue weighted by atomic mass is 16.6. The number of likely N-dealkylation sites (tertiary alicyclic amines) is 1. The lowest BCUT2D eigenvalue weighted by atomic mass is 9.95. The second-order valence-corrected chi connectivity index (χ2v) is 24.9. The molecule has 1 fully saturated rings. The summed E-state index contributed by atoms with van der Waals surface area (Å²) in [5.41, 5.74) is 23.6. The van der Waals surface area contributed by atoms with Crippen LogP contribution in [-0.4, -0.2) is 215 Å². The number of carboxylic acids is 1. The average molecular weight is 1420 g/mol. The lowest BCUT2D eigenvalue weighted by Gasteiger charge is -2.33. The Morgan fingerprint density at radius 2 is 1.20 bits per heavy atom. The van der Waals surface area contributed by atoms with Crippen molar-refractivity contribution in [3.63, 3.8) is 0 Å². The third kappa shape index (κ3) is 19.4.